The highest BCUT2D eigenvalue weighted by atomic mass is 35.5. The van der Waals surface area contributed by atoms with Gasteiger partial charge >= 0.3 is 5.97 Å². The first-order valence-electron chi connectivity index (χ1n) is 9.83. The average Bonchev–Trinajstić information content (AvgIpc) is 3.05. The Morgan fingerprint density at radius 2 is 1.68 bits per heavy atom. The SMILES string of the molecule is CC(C)[C@H](NC(=O)c1cc2cc(Cl)ccc2n1C)C(=O)N[C@@H](C(=O)O)c1ccccc1. The van der Waals surface area contributed by atoms with Gasteiger partial charge in [-0.05, 0) is 35.7 Å². The van der Waals surface area contributed by atoms with E-state index in [0.717, 1.165) is 10.9 Å². The molecule has 3 N–H and O–H groups in total. The third-order valence-corrected chi connectivity index (χ3v) is 5.37. The standard InChI is InChI=1S/C23H24ClN3O4/c1-13(2)19(22(29)26-20(23(30)31)14-7-5-4-6-8-14)25-21(28)18-12-15-11-16(24)9-10-17(15)27(18)3/h4-13,19-20H,1-3H3,(H,25,28)(H,26,29)(H,30,31)/t19-,20+/m0/s1. The highest BCUT2D eigenvalue weighted by Crippen LogP contribution is 2.23. The maximum atomic E-state index is 13.0. The zero-order valence-electron chi connectivity index (χ0n) is 17.4. The van der Waals surface area contributed by atoms with Crippen LogP contribution in [0.1, 0.15) is 35.9 Å². The molecule has 2 atom stereocenters. The number of aliphatic carboxylic acids is 1. The Hall–Kier alpha value is -3.32. The first-order chi connectivity index (χ1) is 14.7. The Morgan fingerprint density at radius 1 is 1.00 bits per heavy atom. The zero-order valence-corrected chi connectivity index (χ0v) is 18.2. The minimum Gasteiger partial charge on any atom is -0.479 e. The molecule has 2 aromatic carbocycles. The van der Waals surface area contributed by atoms with Crippen LogP contribution in [-0.2, 0) is 16.6 Å². The van der Waals surface area contributed by atoms with E-state index in [0.29, 0.717) is 16.3 Å². The summed E-state index contributed by atoms with van der Waals surface area (Å²) in [5.41, 5.74) is 1.64. The topological polar surface area (TPSA) is 100 Å². The van der Waals surface area contributed by atoms with Gasteiger partial charge in [0.2, 0.25) is 5.91 Å². The van der Waals surface area contributed by atoms with Gasteiger partial charge in [-0.25, -0.2) is 4.79 Å². The zero-order chi connectivity index (χ0) is 22.7. The van der Waals surface area contributed by atoms with Crippen LogP contribution in [0.4, 0.5) is 0 Å². The fourth-order valence-corrected chi connectivity index (χ4v) is 3.63. The number of carbonyl (C=O) groups is 3. The van der Waals surface area contributed by atoms with Crippen molar-refractivity contribution in [3.63, 3.8) is 0 Å². The number of halogens is 1. The number of benzene rings is 2. The van der Waals surface area contributed by atoms with E-state index in [1.54, 1.807) is 74.0 Å². The number of carbonyl (C=O) groups excluding carboxylic acids is 2. The van der Waals surface area contributed by atoms with E-state index in [9.17, 15) is 19.5 Å². The maximum absolute atomic E-state index is 13.0. The smallest absolute Gasteiger partial charge is 0.330 e. The van der Waals surface area contributed by atoms with E-state index < -0.39 is 29.9 Å². The van der Waals surface area contributed by atoms with E-state index in [1.807, 2.05) is 6.07 Å². The molecule has 0 saturated heterocycles. The second kappa shape index (κ2) is 9.22. The minimum absolute atomic E-state index is 0.265. The summed E-state index contributed by atoms with van der Waals surface area (Å²) in [5.74, 6) is -2.45. The molecule has 1 heterocycles. The number of carboxylic acids is 1. The molecule has 0 bridgehead atoms. The minimum atomic E-state index is -1.22. The van der Waals surface area contributed by atoms with Gasteiger partial charge in [0.25, 0.3) is 5.91 Å². The van der Waals surface area contributed by atoms with Crippen LogP contribution in [0.15, 0.2) is 54.6 Å². The van der Waals surface area contributed by atoms with Crippen LogP contribution in [0, 0.1) is 5.92 Å². The molecule has 3 aromatic rings. The van der Waals surface area contributed by atoms with Gasteiger partial charge in [0.05, 0.1) is 0 Å². The van der Waals surface area contributed by atoms with E-state index in [-0.39, 0.29) is 5.92 Å². The van der Waals surface area contributed by atoms with Crippen LogP contribution < -0.4 is 10.6 Å². The predicted octanol–water partition coefficient (Wildman–Crippen LogP) is 3.53. The van der Waals surface area contributed by atoms with Crippen molar-refractivity contribution >= 4 is 40.3 Å². The Bertz CT molecular complexity index is 1120. The summed E-state index contributed by atoms with van der Waals surface area (Å²) in [5, 5.41) is 16.2. The van der Waals surface area contributed by atoms with Gasteiger partial charge in [-0.15, -0.1) is 0 Å². The molecule has 2 amide bonds. The van der Waals surface area contributed by atoms with Crippen molar-refractivity contribution < 1.29 is 19.5 Å². The van der Waals surface area contributed by atoms with E-state index in [2.05, 4.69) is 10.6 Å². The number of nitrogens with one attached hydrogen (secondary N) is 2. The quantitative estimate of drug-likeness (QED) is 0.522. The second-order valence-electron chi connectivity index (χ2n) is 7.68. The normalized spacial score (nSPS) is 13.1. The van der Waals surface area contributed by atoms with Crippen molar-refractivity contribution in [2.75, 3.05) is 0 Å². The highest BCUT2D eigenvalue weighted by Gasteiger charge is 2.30. The maximum Gasteiger partial charge on any atom is 0.330 e. The Morgan fingerprint density at radius 3 is 2.29 bits per heavy atom. The number of hydrogen-bond acceptors (Lipinski definition) is 3. The van der Waals surface area contributed by atoms with Crippen molar-refractivity contribution in [2.45, 2.75) is 25.9 Å². The Balaban J connectivity index is 1.82. The molecule has 7 nitrogen and oxygen atoms in total. The predicted molar refractivity (Wildman–Crippen MR) is 119 cm³/mol. The van der Waals surface area contributed by atoms with Crippen LogP contribution in [0.25, 0.3) is 10.9 Å². The molecule has 0 fully saturated rings. The number of fused-ring (bicyclic) bond motifs is 1. The van der Waals surface area contributed by atoms with Crippen molar-refractivity contribution in [1.29, 1.82) is 0 Å². The molecule has 0 unspecified atom stereocenters. The van der Waals surface area contributed by atoms with Crippen LogP contribution in [-0.4, -0.2) is 33.5 Å². The molecule has 162 valence electrons. The third kappa shape index (κ3) is 4.88. The summed E-state index contributed by atoms with van der Waals surface area (Å²) in [4.78, 5) is 37.6. The molecule has 0 saturated carbocycles. The lowest BCUT2D eigenvalue weighted by Gasteiger charge is -2.24. The molecule has 0 aliphatic rings. The molecule has 0 radical (unpaired) electrons. The summed E-state index contributed by atoms with van der Waals surface area (Å²) in [6.45, 7) is 3.56. The number of carboxylic acid groups (broad SMARTS) is 1. The largest absolute Gasteiger partial charge is 0.479 e. The first-order valence-corrected chi connectivity index (χ1v) is 10.2. The Kier molecular flexibility index (Phi) is 6.65. The summed E-state index contributed by atoms with van der Waals surface area (Å²) in [7, 11) is 1.76. The van der Waals surface area contributed by atoms with Crippen LogP contribution in [0.3, 0.4) is 0 Å². The fraction of sp³-hybridized carbons (Fsp3) is 0.261. The number of aryl methyl sites for hydroxylation is 1. The summed E-state index contributed by atoms with van der Waals surface area (Å²) >= 11 is 6.04. The fourth-order valence-electron chi connectivity index (χ4n) is 3.45. The lowest BCUT2D eigenvalue weighted by molar-refractivity contribution is -0.142. The number of rotatable bonds is 7. The lowest BCUT2D eigenvalue weighted by atomic mass is 10.0. The second-order valence-corrected chi connectivity index (χ2v) is 8.11. The molecule has 1 aromatic heterocycles. The molecule has 0 spiro atoms. The van der Waals surface area contributed by atoms with E-state index in [1.165, 1.54) is 0 Å². The summed E-state index contributed by atoms with van der Waals surface area (Å²) < 4.78 is 1.72. The van der Waals surface area contributed by atoms with Crippen molar-refractivity contribution in [2.24, 2.45) is 13.0 Å². The van der Waals surface area contributed by atoms with Gasteiger partial charge in [0, 0.05) is 23.0 Å². The molecular weight excluding hydrogens is 418 g/mol. The number of amides is 2. The van der Waals surface area contributed by atoms with Crippen molar-refractivity contribution in [3.05, 3.63) is 70.9 Å². The molecule has 3 rings (SSSR count). The van der Waals surface area contributed by atoms with Crippen LogP contribution in [0.2, 0.25) is 5.02 Å². The number of aromatic nitrogens is 1. The van der Waals surface area contributed by atoms with Gasteiger partial charge < -0.3 is 20.3 Å². The molecule has 0 aliphatic carbocycles. The molecule has 0 aliphatic heterocycles. The molecular formula is C23H24ClN3O4. The van der Waals surface area contributed by atoms with E-state index in [4.69, 9.17) is 11.6 Å². The van der Waals surface area contributed by atoms with Gasteiger partial charge in [0.1, 0.15) is 11.7 Å². The van der Waals surface area contributed by atoms with Gasteiger partial charge in [-0.3, -0.25) is 9.59 Å². The van der Waals surface area contributed by atoms with Crippen LogP contribution in [0.5, 0.6) is 0 Å². The summed E-state index contributed by atoms with van der Waals surface area (Å²) in [6, 6.07) is 13.3. The first kappa shape index (κ1) is 22.4. The molecule has 8 heteroatoms. The summed E-state index contributed by atoms with van der Waals surface area (Å²) in [6.07, 6.45) is 0. The lowest BCUT2D eigenvalue weighted by Crippen LogP contribution is -2.51. The average molecular weight is 442 g/mol. The monoisotopic (exact) mass is 441 g/mol. The van der Waals surface area contributed by atoms with Gasteiger partial charge in [-0.2, -0.15) is 0 Å². The van der Waals surface area contributed by atoms with Crippen LogP contribution >= 0.6 is 11.6 Å². The molecule has 31 heavy (non-hydrogen) atoms. The van der Waals surface area contributed by atoms with Crippen molar-refractivity contribution in [3.8, 4) is 0 Å². The van der Waals surface area contributed by atoms with E-state index >= 15 is 0 Å². The third-order valence-electron chi connectivity index (χ3n) is 5.14. The Labute approximate surface area is 185 Å². The van der Waals surface area contributed by atoms with Crippen molar-refractivity contribution in [1.82, 2.24) is 15.2 Å². The highest BCUT2D eigenvalue weighted by molar-refractivity contribution is 6.31. The number of hydrogen-bond donors (Lipinski definition) is 3. The van der Waals surface area contributed by atoms with Gasteiger partial charge in [0.15, 0.2) is 6.04 Å². The van der Waals surface area contributed by atoms with Gasteiger partial charge in [-0.1, -0.05) is 55.8 Å². The number of nitrogens with zero attached hydrogens (tertiary/aromatic N) is 1.